The van der Waals surface area contributed by atoms with Crippen LogP contribution in [0, 0.1) is 0 Å². The number of aromatic nitrogens is 1. The van der Waals surface area contributed by atoms with Crippen molar-refractivity contribution in [1.29, 1.82) is 0 Å². The molecular weight excluding hydrogens is 340 g/mol. The third kappa shape index (κ3) is 3.41. The summed E-state index contributed by atoms with van der Waals surface area (Å²) in [5.74, 6) is 0. The van der Waals surface area contributed by atoms with Gasteiger partial charge in [0.15, 0.2) is 0 Å². The third-order valence-corrected chi connectivity index (χ3v) is 6.21. The summed E-state index contributed by atoms with van der Waals surface area (Å²) in [7, 11) is 2.27. The maximum atomic E-state index is 6.59. The Kier molecular flexibility index (Phi) is 5.06. The van der Waals surface area contributed by atoms with Crippen LogP contribution < -0.4 is 0 Å². The van der Waals surface area contributed by atoms with Crippen molar-refractivity contribution in [2.45, 2.75) is 45.1 Å². The molecule has 2 aromatic carbocycles. The van der Waals surface area contributed by atoms with Gasteiger partial charge in [-0.05, 0) is 68.0 Å². The summed E-state index contributed by atoms with van der Waals surface area (Å²) in [6.45, 7) is 3.28. The molecule has 3 aromatic rings. The minimum Gasteiger partial charge on any atom is -0.357 e. The van der Waals surface area contributed by atoms with Crippen molar-refractivity contribution in [2.75, 3.05) is 13.6 Å². The predicted octanol–water partition coefficient (Wildman–Crippen LogP) is 5.42. The summed E-state index contributed by atoms with van der Waals surface area (Å²) in [5, 5.41) is 2.20. The van der Waals surface area contributed by atoms with Crippen LogP contribution in [0.15, 0.2) is 42.5 Å². The third-order valence-electron chi connectivity index (χ3n) is 5.91. The van der Waals surface area contributed by atoms with Crippen molar-refractivity contribution in [1.82, 2.24) is 9.88 Å². The summed E-state index contributed by atoms with van der Waals surface area (Å²) in [5.41, 5.74) is 6.75. The summed E-state index contributed by atoms with van der Waals surface area (Å²) in [6, 6.07) is 15.9. The van der Waals surface area contributed by atoms with Gasteiger partial charge < -0.3 is 9.88 Å². The van der Waals surface area contributed by atoms with Gasteiger partial charge in [0, 0.05) is 23.7 Å². The fraction of sp³-hybridized carbons (Fsp3) is 0.391. The molecule has 1 unspecified atom stereocenters. The van der Waals surface area contributed by atoms with Crippen molar-refractivity contribution in [2.24, 2.45) is 0 Å². The van der Waals surface area contributed by atoms with Crippen LogP contribution in [0.3, 0.4) is 0 Å². The molecule has 26 heavy (non-hydrogen) atoms. The summed E-state index contributed by atoms with van der Waals surface area (Å²) >= 11 is 6.59. The lowest BCUT2D eigenvalue weighted by Gasteiger charge is -2.26. The molecule has 0 saturated heterocycles. The predicted molar refractivity (Wildman–Crippen MR) is 111 cm³/mol. The van der Waals surface area contributed by atoms with Gasteiger partial charge >= 0.3 is 0 Å². The molecule has 2 nitrogen and oxygen atoms in total. The summed E-state index contributed by atoms with van der Waals surface area (Å²) in [4.78, 5) is 6.06. The first kappa shape index (κ1) is 17.6. The van der Waals surface area contributed by atoms with E-state index in [2.05, 4.69) is 66.3 Å². The van der Waals surface area contributed by atoms with Gasteiger partial charge in [-0.2, -0.15) is 0 Å². The molecule has 4 rings (SSSR count). The molecule has 1 atom stereocenters. The second-order valence-corrected chi connectivity index (χ2v) is 7.95. The van der Waals surface area contributed by atoms with Crippen LogP contribution in [-0.2, 0) is 25.7 Å². The molecule has 0 bridgehead atoms. The molecule has 2 heterocycles. The van der Waals surface area contributed by atoms with Gasteiger partial charge in [0.05, 0.1) is 10.5 Å². The molecular formula is C23H27ClN2. The lowest BCUT2D eigenvalue weighted by atomic mass is 9.94. The van der Waals surface area contributed by atoms with E-state index < -0.39 is 0 Å². The number of hydrogen-bond donors (Lipinski definition) is 1. The molecule has 0 amide bonds. The van der Waals surface area contributed by atoms with E-state index in [1.807, 2.05) is 0 Å². The van der Waals surface area contributed by atoms with E-state index in [4.69, 9.17) is 11.6 Å². The van der Waals surface area contributed by atoms with Gasteiger partial charge in [-0.25, -0.2) is 0 Å². The molecule has 136 valence electrons. The zero-order chi connectivity index (χ0) is 18.1. The molecule has 1 N–H and O–H groups in total. The zero-order valence-corrected chi connectivity index (χ0v) is 16.4. The number of benzene rings is 2. The SMILES string of the molecule is CCc1cc2c3c(cc(Cl)c2[nH]1)CCN(C)C(CCc1ccccc1)C3. The highest BCUT2D eigenvalue weighted by Crippen LogP contribution is 2.34. The number of likely N-dealkylation sites (N-methyl/N-ethyl adjacent to an activating group) is 1. The van der Waals surface area contributed by atoms with Crippen LogP contribution in [0.5, 0.6) is 0 Å². The summed E-state index contributed by atoms with van der Waals surface area (Å²) < 4.78 is 0. The van der Waals surface area contributed by atoms with Crippen LogP contribution >= 0.6 is 11.6 Å². The second-order valence-electron chi connectivity index (χ2n) is 7.55. The largest absolute Gasteiger partial charge is 0.357 e. The fourth-order valence-corrected chi connectivity index (χ4v) is 4.53. The highest BCUT2D eigenvalue weighted by molar-refractivity contribution is 6.35. The number of aryl methyl sites for hydroxylation is 2. The first-order valence-electron chi connectivity index (χ1n) is 9.71. The minimum absolute atomic E-state index is 0.570. The molecule has 1 aliphatic heterocycles. The van der Waals surface area contributed by atoms with E-state index in [1.54, 1.807) is 0 Å². The number of H-pyrrole nitrogens is 1. The number of nitrogens with one attached hydrogen (secondary N) is 1. The average Bonchev–Trinajstić information content (AvgIpc) is 3.04. The van der Waals surface area contributed by atoms with Crippen LogP contribution in [-0.4, -0.2) is 29.5 Å². The molecule has 1 aliphatic rings. The lowest BCUT2D eigenvalue weighted by Crippen LogP contribution is -2.33. The monoisotopic (exact) mass is 366 g/mol. The van der Waals surface area contributed by atoms with E-state index in [9.17, 15) is 0 Å². The van der Waals surface area contributed by atoms with Crippen molar-refractivity contribution in [3.05, 3.63) is 69.9 Å². The second kappa shape index (κ2) is 7.46. The lowest BCUT2D eigenvalue weighted by molar-refractivity contribution is 0.239. The Morgan fingerprint density at radius 1 is 1.19 bits per heavy atom. The topological polar surface area (TPSA) is 19.0 Å². The molecule has 0 radical (unpaired) electrons. The molecule has 3 heteroatoms. The fourth-order valence-electron chi connectivity index (χ4n) is 4.25. The van der Waals surface area contributed by atoms with Crippen LogP contribution in [0.25, 0.3) is 10.9 Å². The van der Waals surface area contributed by atoms with Gasteiger partial charge in [0.2, 0.25) is 0 Å². The number of halogens is 1. The van der Waals surface area contributed by atoms with Gasteiger partial charge in [-0.15, -0.1) is 0 Å². The van der Waals surface area contributed by atoms with E-state index >= 15 is 0 Å². The van der Waals surface area contributed by atoms with E-state index in [1.165, 1.54) is 34.2 Å². The minimum atomic E-state index is 0.570. The smallest absolute Gasteiger partial charge is 0.0650 e. The molecule has 0 saturated carbocycles. The van der Waals surface area contributed by atoms with Crippen molar-refractivity contribution in [3.8, 4) is 0 Å². The number of aromatic amines is 1. The maximum Gasteiger partial charge on any atom is 0.0650 e. The number of fused-ring (bicyclic) bond motifs is 3. The normalized spacial score (nSPS) is 18.0. The van der Waals surface area contributed by atoms with Gasteiger partial charge in [-0.3, -0.25) is 0 Å². The number of nitrogens with zero attached hydrogens (tertiary/aromatic N) is 1. The Morgan fingerprint density at radius 2 is 2.00 bits per heavy atom. The van der Waals surface area contributed by atoms with Crippen molar-refractivity contribution >= 4 is 22.5 Å². The Labute approximate surface area is 161 Å². The molecule has 1 aromatic heterocycles. The van der Waals surface area contributed by atoms with E-state index in [-0.39, 0.29) is 0 Å². The number of rotatable bonds is 4. The standard InChI is InChI=1S/C23H27ClN2/c1-3-18-14-21-20-15-19(10-9-16-7-5-4-6-8-16)26(2)12-11-17(20)13-22(24)23(21)25-18/h4-8,13-14,19,25H,3,9-12,15H2,1-2H3. The molecule has 0 spiro atoms. The average molecular weight is 367 g/mol. The Morgan fingerprint density at radius 3 is 2.77 bits per heavy atom. The van der Waals surface area contributed by atoms with E-state index in [0.717, 1.165) is 42.8 Å². The van der Waals surface area contributed by atoms with Crippen molar-refractivity contribution in [3.63, 3.8) is 0 Å². The van der Waals surface area contributed by atoms with Gasteiger partial charge in [0.25, 0.3) is 0 Å². The summed E-state index contributed by atoms with van der Waals surface area (Å²) in [6.07, 6.45) is 5.52. The first-order valence-corrected chi connectivity index (χ1v) is 10.1. The van der Waals surface area contributed by atoms with Gasteiger partial charge in [0.1, 0.15) is 0 Å². The van der Waals surface area contributed by atoms with Crippen LogP contribution in [0.1, 0.15) is 35.7 Å². The molecule has 0 fully saturated rings. The number of hydrogen-bond acceptors (Lipinski definition) is 1. The van der Waals surface area contributed by atoms with Crippen LogP contribution in [0.4, 0.5) is 0 Å². The Bertz CT molecular complexity index is 897. The molecule has 0 aliphatic carbocycles. The maximum absolute atomic E-state index is 6.59. The highest BCUT2D eigenvalue weighted by atomic mass is 35.5. The Balaban J connectivity index is 1.65. The van der Waals surface area contributed by atoms with Crippen LogP contribution in [0.2, 0.25) is 5.02 Å². The highest BCUT2D eigenvalue weighted by Gasteiger charge is 2.24. The Hall–Kier alpha value is -1.77. The van der Waals surface area contributed by atoms with Crippen molar-refractivity contribution < 1.29 is 0 Å². The van der Waals surface area contributed by atoms with Gasteiger partial charge in [-0.1, -0.05) is 48.9 Å². The quantitative estimate of drug-likeness (QED) is 0.653. The van der Waals surface area contributed by atoms with E-state index in [0.29, 0.717) is 6.04 Å². The first-order chi connectivity index (χ1) is 12.7. The zero-order valence-electron chi connectivity index (χ0n) is 15.7.